The van der Waals surface area contributed by atoms with Gasteiger partial charge >= 0.3 is 17.6 Å². The van der Waals surface area contributed by atoms with Crippen LogP contribution in [0.4, 0.5) is 0 Å². The normalized spacial score (nSPS) is 11.3. The first-order chi connectivity index (χ1) is 13.1. The van der Waals surface area contributed by atoms with Crippen molar-refractivity contribution in [2.24, 2.45) is 0 Å². The molecule has 0 aliphatic heterocycles. The lowest BCUT2D eigenvalue weighted by molar-refractivity contribution is -0.157. The van der Waals surface area contributed by atoms with Crippen LogP contribution in [0.1, 0.15) is 45.2 Å². The number of fused-ring (bicyclic) bond motifs is 1. The van der Waals surface area contributed by atoms with Crippen molar-refractivity contribution in [1.82, 2.24) is 0 Å². The Labute approximate surface area is 163 Å². The molecule has 0 amide bonds. The van der Waals surface area contributed by atoms with Crippen molar-refractivity contribution in [1.29, 1.82) is 0 Å². The number of carbonyl (C=O) groups excluding carboxylic acids is 2. The number of carbonyl (C=O) groups is 2. The Morgan fingerprint density at radius 3 is 2.50 bits per heavy atom. The summed E-state index contributed by atoms with van der Waals surface area (Å²) in [5, 5.41) is 0.739. The highest BCUT2D eigenvalue weighted by molar-refractivity contribution is 5.82. The lowest BCUT2D eigenvalue weighted by Gasteiger charge is -2.19. The van der Waals surface area contributed by atoms with Gasteiger partial charge in [-0.05, 0) is 58.7 Å². The minimum Gasteiger partial charge on any atom is -0.482 e. The van der Waals surface area contributed by atoms with Crippen molar-refractivity contribution >= 4 is 22.9 Å². The molecule has 152 valence electrons. The van der Waals surface area contributed by atoms with Crippen LogP contribution in [0.15, 0.2) is 27.4 Å². The van der Waals surface area contributed by atoms with Crippen LogP contribution >= 0.6 is 0 Å². The first kappa shape index (κ1) is 21.5. The molecule has 28 heavy (non-hydrogen) atoms. The monoisotopic (exact) mass is 390 g/mol. The molecule has 2 aromatic rings. The molecule has 0 spiro atoms. The Balaban J connectivity index is 2.16. The summed E-state index contributed by atoms with van der Waals surface area (Å²) in [6.45, 7) is 8.92. The van der Waals surface area contributed by atoms with E-state index in [-0.39, 0.29) is 25.4 Å². The summed E-state index contributed by atoms with van der Waals surface area (Å²) in [5.74, 6) is -0.452. The van der Waals surface area contributed by atoms with Gasteiger partial charge in [-0.25, -0.2) is 9.59 Å². The molecule has 0 atom stereocenters. The van der Waals surface area contributed by atoms with E-state index in [0.29, 0.717) is 23.5 Å². The molecule has 1 heterocycles. The van der Waals surface area contributed by atoms with E-state index in [9.17, 15) is 14.4 Å². The highest BCUT2D eigenvalue weighted by Crippen LogP contribution is 2.25. The van der Waals surface area contributed by atoms with Gasteiger partial charge in [0, 0.05) is 23.4 Å². The van der Waals surface area contributed by atoms with E-state index in [1.807, 2.05) is 0 Å². The maximum absolute atomic E-state index is 12.3. The van der Waals surface area contributed by atoms with E-state index >= 15 is 0 Å². The van der Waals surface area contributed by atoms with E-state index in [4.69, 9.17) is 18.6 Å². The fourth-order valence-electron chi connectivity index (χ4n) is 2.73. The topological polar surface area (TPSA) is 92.0 Å². The number of benzene rings is 1. The Bertz CT molecular complexity index is 919. The van der Waals surface area contributed by atoms with Gasteiger partial charge < -0.3 is 18.6 Å². The van der Waals surface area contributed by atoms with E-state index in [1.165, 1.54) is 0 Å². The lowest BCUT2D eigenvalue weighted by atomic mass is 10.0. The summed E-state index contributed by atoms with van der Waals surface area (Å²) in [7, 11) is 0. The van der Waals surface area contributed by atoms with E-state index in [1.54, 1.807) is 52.8 Å². The minimum absolute atomic E-state index is 0.113. The number of ether oxygens (including phenoxy) is 3. The van der Waals surface area contributed by atoms with Crippen molar-refractivity contribution < 1.29 is 28.2 Å². The molecular formula is C21H26O7. The highest BCUT2D eigenvalue weighted by Gasteiger charge is 2.17. The van der Waals surface area contributed by atoms with Gasteiger partial charge in [-0.15, -0.1) is 0 Å². The van der Waals surface area contributed by atoms with Gasteiger partial charge in [0.25, 0.3) is 0 Å². The summed E-state index contributed by atoms with van der Waals surface area (Å²) in [6, 6.07) is 5.00. The maximum atomic E-state index is 12.3. The van der Waals surface area contributed by atoms with E-state index < -0.39 is 17.2 Å². The van der Waals surface area contributed by atoms with Crippen LogP contribution in [0, 0.1) is 6.92 Å². The SMILES string of the molecule is CCOC(=O)CCc1c(C)c2ccc(OCC(=O)OC(C)(C)C)cc2oc1=O. The van der Waals surface area contributed by atoms with Crippen molar-refractivity contribution in [3.8, 4) is 5.75 Å². The molecule has 0 saturated heterocycles. The standard InChI is InChI=1S/C21H26O7/c1-6-25-18(22)10-9-16-13(2)15-8-7-14(11-17(15)27-20(16)24)26-12-19(23)28-21(3,4)5/h7-8,11H,6,9-10,12H2,1-5H3. The van der Waals surface area contributed by atoms with Gasteiger partial charge in [-0.1, -0.05) is 0 Å². The molecule has 0 bridgehead atoms. The fraction of sp³-hybridized carbons (Fsp3) is 0.476. The van der Waals surface area contributed by atoms with Gasteiger partial charge in [-0.2, -0.15) is 0 Å². The zero-order valence-electron chi connectivity index (χ0n) is 16.9. The number of hydrogen-bond acceptors (Lipinski definition) is 7. The number of esters is 2. The molecule has 0 radical (unpaired) electrons. The third kappa shape index (κ3) is 5.84. The molecule has 0 N–H and O–H groups in total. The zero-order chi connectivity index (χ0) is 20.9. The third-order valence-corrected chi connectivity index (χ3v) is 3.92. The quantitative estimate of drug-likeness (QED) is 0.529. The Morgan fingerprint density at radius 1 is 1.14 bits per heavy atom. The smallest absolute Gasteiger partial charge is 0.344 e. The number of aryl methyl sites for hydroxylation is 1. The van der Waals surface area contributed by atoms with Crippen LogP contribution in [0.3, 0.4) is 0 Å². The Morgan fingerprint density at radius 2 is 1.86 bits per heavy atom. The van der Waals surface area contributed by atoms with Crippen LogP contribution in [-0.4, -0.2) is 30.8 Å². The van der Waals surface area contributed by atoms with Crippen LogP contribution in [-0.2, 0) is 25.5 Å². The fourth-order valence-corrected chi connectivity index (χ4v) is 2.73. The first-order valence-corrected chi connectivity index (χ1v) is 9.17. The van der Waals surface area contributed by atoms with Crippen LogP contribution in [0.2, 0.25) is 0 Å². The van der Waals surface area contributed by atoms with Gasteiger partial charge in [0.15, 0.2) is 6.61 Å². The molecule has 0 unspecified atom stereocenters. The van der Waals surface area contributed by atoms with Gasteiger partial charge in [-0.3, -0.25) is 4.79 Å². The number of rotatable bonds is 7. The van der Waals surface area contributed by atoms with Gasteiger partial charge in [0.1, 0.15) is 16.9 Å². The summed E-state index contributed by atoms with van der Waals surface area (Å²) in [6.07, 6.45) is 0.363. The second-order valence-corrected chi connectivity index (χ2v) is 7.33. The van der Waals surface area contributed by atoms with E-state index in [2.05, 4.69) is 0 Å². The highest BCUT2D eigenvalue weighted by atomic mass is 16.6. The predicted molar refractivity (Wildman–Crippen MR) is 104 cm³/mol. The molecule has 0 aliphatic carbocycles. The van der Waals surface area contributed by atoms with E-state index in [0.717, 1.165) is 10.9 Å². The number of hydrogen-bond donors (Lipinski definition) is 0. The molecule has 2 rings (SSSR count). The average molecular weight is 390 g/mol. The van der Waals surface area contributed by atoms with Gasteiger partial charge in [0.2, 0.25) is 0 Å². The summed E-state index contributed by atoms with van der Waals surface area (Å²) in [4.78, 5) is 35.6. The summed E-state index contributed by atoms with van der Waals surface area (Å²) >= 11 is 0. The predicted octanol–water partition coefficient (Wildman–Crippen LogP) is 3.32. The van der Waals surface area contributed by atoms with Crippen molar-refractivity contribution in [2.45, 2.75) is 53.1 Å². The van der Waals surface area contributed by atoms with Crippen LogP contribution in [0.25, 0.3) is 11.0 Å². The van der Waals surface area contributed by atoms with Crippen molar-refractivity contribution in [2.75, 3.05) is 13.2 Å². The first-order valence-electron chi connectivity index (χ1n) is 9.17. The molecule has 0 saturated carbocycles. The molecule has 1 aromatic carbocycles. The van der Waals surface area contributed by atoms with Crippen molar-refractivity contribution in [3.63, 3.8) is 0 Å². The molecule has 7 nitrogen and oxygen atoms in total. The second-order valence-electron chi connectivity index (χ2n) is 7.33. The average Bonchev–Trinajstić information content (AvgIpc) is 2.58. The molecular weight excluding hydrogens is 364 g/mol. The van der Waals surface area contributed by atoms with Crippen molar-refractivity contribution in [3.05, 3.63) is 39.7 Å². The zero-order valence-corrected chi connectivity index (χ0v) is 16.9. The molecule has 0 aliphatic rings. The lowest BCUT2D eigenvalue weighted by Crippen LogP contribution is -2.27. The molecule has 0 fully saturated rings. The Kier molecular flexibility index (Phi) is 6.83. The maximum Gasteiger partial charge on any atom is 0.344 e. The molecule has 1 aromatic heterocycles. The second kappa shape index (κ2) is 8.91. The summed E-state index contributed by atoms with van der Waals surface area (Å²) < 4.78 is 20.9. The third-order valence-electron chi connectivity index (χ3n) is 3.92. The largest absolute Gasteiger partial charge is 0.482 e. The van der Waals surface area contributed by atoms with Crippen LogP contribution < -0.4 is 10.4 Å². The minimum atomic E-state index is -0.590. The van der Waals surface area contributed by atoms with Gasteiger partial charge in [0.05, 0.1) is 6.61 Å². The molecule has 7 heteroatoms. The Hall–Kier alpha value is -2.83. The summed E-state index contributed by atoms with van der Waals surface area (Å²) in [5.41, 5.74) is 0.452. The van der Waals surface area contributed by atoms with Crippen LogP contribution in [0.5, 0.6) is 5.75 Å².